The zero-order valence-corrected chi connectivity index (χ0v) is 10.0. The van der Waals surface area contributed by atoms with Gasteiger partial charge in [0.05, 0.1) is 12.7 Å². The predicted molar refractivity (Wildman–Crippen MR) is 63.9 cm³/mol. The first-order valence-corrected chi connectivity index (χ1v) is 6.38. The number of aliphatic hydroxyl groups is 1. The molecule has 7 heteroatoms. The maximum absolute atomic E-state index is 11.5. The molecule has 1 heterocycles. The van der Waals surface area contributed by atoms with Gasteiger partial charge in [-0.25, -0.2) is 4.72 Å². The average molecular weight is 255 g/mol. The van der Waals surface area contributed by atoms with E-state index in [0.29, 0.717) is 5.69 Å². The molecule has 6 nitrogen and oxygen atoms in total. The smallest absolute Gasteiger partial charge is 0.326 e. The summed E-state index contributed by atoms with van der Waals surface area (Å²) >= 11 is 0. The van der Waals surface area contributed by atoms with Crippen LogP contribution in [0.4, 0.5) is 5.69 Å². The van der Waals surface area contributed by atoms with E-state index >= 15 is 0 Å². The van der Waals surface area contributed by atoms with Crippen molar-refractivity contribution in [3.63, 3.8) is 0 Å². The van der Waals surface area contributed by atoms with E-state index in [9.17, 15) is 8.42 Å². The SMILES string of the molecule is Cc1c(N)cccc1CN1C=C(O)NS1(=O)=O. The van der Waals surface area contributed by atoms with Crippen molar-refractivity contribution in [3.05, 3.63) is 41.4 Å². The van der Waals surface area contributed by atoms with Crippen molar-refractivity contribution in [3.8, 4) is 0 Å². The monoisotopic (exact) mass is 255 g/mol. The highest BCUT2D eigenvalue weighted by Crippen LogP contribution is 2.20. The van der Waals surface area contributed by atoms with Gasteiger partial charge in [-0.3, -0.25) is 4.31 Å². The fourth-order valence-corrected chi connectivity index (χ4v) is 2.58. The molecule has 0 bridgehead atoms. The molecule has 0 fully saturated rings. The summed E-state index contributed by atoms with van der Waals surface area (Å²) < 4.78 is 26.1. The van der Waals surface area contributed by atoms with Gasteiger partial charge < -0.3 is 10.8 Å². The summed E-state index contributed by atoms with van der Waals surface area (Å²) in [6.07, 6.45) is 1.14. The van der Waals surface area contributed by atoms with Gasteiger partial charge in [0.1, 0.15) is 0 Å². The van der Waals surface area contributed by atoms with Crippen LogP contribution in [-0.2, 0) is 16.8 Å². The summed E-state index contributed by atoms with van der Waals surface area (Å²) in [5, 5.41) is 9.14. The molecule has 1 aliphatic rings. The van der Waals surface area contributed by atoms with Gasteiger partial charge in [-0.05, 0) is 24.1 Å². The van der Waals surface area contributed by atoms with E-state index < -0.39 is 10.2 Å². The first-order chi connectivity index (χ1) is 7.90. The number of nitrogen functional groups attached to an aromatic ring is 1. The van der Waals surface area contributed by atoms with E-state index in [4.69, 9.17) is 10.8 Å². The van der Waals surface area contributed by atoms with Crippen molar-refractivity contribution >= 4 is 15.9 Å². The maximum Gasteiger partial charge on any atom is 0.326 e. The van der Waals surface area contributed by atoms with Crippen LogP contribution in [0, 0.1) is 6.92 Å². The number of nitrogens with two attached hydrogens (primary N) is 1. The van der Waals surface area contributed by atoms with Crippen molar-refractivity contribution in [2.24, 2.45) is 0 Å². The van der Waals surface area contributed by atoms with Crippen LogP contribution < -0.4 is 10.5 Å². The van der Waals surface area contributed by atoms with Crippen molar-refractivity contribution in [2.45, 2.75) is 13.5 Å². The Kier molecular flexibility index (Phi) is 2.62. The molecular formula is C10H13N3O3S. The summed E-state index contributed by atoms with van der Waals surface area (Å²) in [4.78, 5) is 0. The Balaban J connectivity index is 2.31. The average Bonchev–Trinajstić information content (AvgIpc) is 2.47. The highest BCUT2D eigenvalue weighted by molar-refractivity contribution is 7.87. The van der Waals surface area contributed by atoms with Gasteiger partial charge in [-0.1, -0.05) is 12.1 Å². The third kappa shape index (κ3) is 2.14. The van der Waals surface area contributed by atoms with Gasteiger partial charge in [0.15, 0.2) is 0 Å². The van der Waals surface area contributed by atoms with E-state index in [1.807, 2.05) is 11.6 Å². The van der Waals surface area contributed by atoms with Gasteiger partial charge in [0.2, 0.25) is 5.88 Å². The highest BCUT2D eigenvalue weighted by Gasteiger charge is 2.27. The van der Waals surface area contributed by atoms with Crippen LogP contribution in [0.3, 0.4) is 0 Å². The lowest BCUT2D eigenvalue weighted by Crippen LogP contribution is -2.29. The van der Waals surface area contributed by atoms with Crippen LogP contribution in [-0.4, -0.2) is 17.8 Å². The molecule has 1 aliphatic heterocycles. The lowest BCUT2D eigenvalue weighted by molar-refractivity contribution is 0.390. The van der Waals surface area contributed by atoms with Gasteiger partial charge in [-0.2, -0.15) is 8.42 Å². The van der Waals surface area contributed by atoms with Gasteiger partial charge >= 0.3 is 10.2 Å². The number of anilines is 1. The second-order valence-electron chi connectivity index (χ2n) is 3.80. The van der Waals surface area contributed by atoms with Gasteiger partial charge in [0, 0.05) is 5.69 Å². The Labute approximate surface area is 99.5 Å². The van der Waals surface area contributed by atoms with E-state index in [0.717, 1.165) is 21.6 Å². The largest absolute Gasteiger partial charge is 0.493 e. The first-order valence-electron chi connectivity index (χ1n) is 4.94. The number of aliphatic hydroxyl groups excluding tert-OH is 1. The predicted octanol–water partition coefficient (Wildman–Crippen LogP) is 0.584. The number of hydrogen-bond acceptors (Lipinski definition) is 4. The van der Waals surface area contributed by atoms with Crippen LogP contribution >= 0.6 is 0 Å². The molecule has 1 aromatic carbocycles. The lowest BCUT2D eigenvalue weighted by atomic mass is 10.1. The molecule has 0 unspecified atom stereocenters. The second kappa shape index (κ2) is 3.85. The van der Waals surface area contributed by atoms with E-state index in [1.54, 1.807) is 18.2 Å². The Morgan fingerprint density at radius 2 is 2.18 bits per heavy atom. The van der Waals surface area contributed by atoms with Crippen molar-refractivity contribution in [2.75, 3.05) is 5.73 Å². The molecule has 1 aromatic rings. The molecule has 0 spiro atoms. The number of nitrogens with one attached hydrogen (secondary N) is 1. The first kappa shape index (κ1) is 11.6. The summed E-state index contributed by atoms with van der Waals surface area (Å²) in [5.74, 6) is -0.383. The maximum atomic E-state index is 11.5. The Morgan fingerprint density at radius 1 is 1.47 bits per heavy atom. The molecule has 0 aliphatic carbocycles. The van der Waals surface area contributed by atoms with Crippen LogP contribution in [0.2, 0.25) is 0 Å². The number of rotatable bonds is 2. The molecule has 17 heavy (non-hydrogen) atoms. The van der Waals surface area contributed by atoms with Gasteiger partial charge in [-0.15, -0.1) is 0 Å². The molecule has 92 valence electrons. The van der Waals surface area contributed by atoms with Crippen molar-refractivity contribution < 1.29 is 13.5 Å². The zero-order valence-electron chi connectivity index (χ0n) is 9.21. The number of benzene rings is 1. The summed E-state index contributed by atoms with van der Waals surface area (Å²) in [6.45, 7) is 1.96. The minimum absolute atomic E-state index is 0.135. The van der Waals surface area contributed by atoms with Crippen LogP contribution in [0.1, 0.15) is 11.1 Å². The molecule has 0 atom stereocenters. The summed E-state index contributed by atoms with van der Waals surface area (Å²) in [6, 6.07) is 5.31. The zero-order chi connectivity index (χ0) is 12.6. The van der Waals surface area contributed by atoms with Crippen LogP contribution in [0.25, 0.3) is 0 Å². The molecule has 0 saturated carbocycles. The minimum atomic E-state index is -3.66. The van der Waals surface area contributed by atoms with Crippen molar-refractivity contribution in [1.82, 2.24) is 9.03 Å². The molecule has 4 N–H and O–H groups in total. The molecule has 0 aromatic heterocycles. The Hall–Kier alpha value is -1.89. The lowest BCUT2D eigenvalue weighted by Gasteiger charge is -2.16. The normalized spacial score (nSPS) is 17.7. The Bertz CT molecular complexity index is 580. The molecule has 2 rings (SSSR count). The van der Waals surface area contributed by atoms with E-state index in [-0.39, 0.29) is 12.4 Å². The van der Waals surface area contributed by atoms with Crippen LogP contribution in [0.15, 0.2) is 30.3 Å². The third-order valence-corrected chi connectivity index (χ3v) is 3.94. The fourth-order valence-electron chi connectivity index (χ4n) is 1.60. The number of hydrogen-bond donors (Lipinski definition) is 3. The quantitative estimate of drug-likeness (QED) is 0.674. The van der Waals surface area contributed by atoms with Crippen LogP contribution in [0.5, 0.6) is 0 Å². The highest BCUT2D eigenvalue weighted by atomic mass is 32.2. The van der Waals surface area contributed by atoms with Crippen molar-refractivity contribution in [1.29, 1.82) is 0 Å². The topological polar surface area (TPSA) is 95.7 Å². The number of nitrogens with zero attached hydrogens (tertiary/aromatic N) is 1. The summed E-state index contributed by atoms with van der Waals surface area (Å²) in [7, 11) is -3.66. The van der Waals surface area contributed by atoms with Gasteiger partial charge in [0.25, 0.3) is 0 Å². The molecule has 0 saturated heterocycles. The fraction of sp³-hybridized carbons (Fsp3) is 0.200. The Morgan fingerprint density at radius 3 is 2.76 bits per heavy atom. The molecular weight excluding hydrogens is 242 g/mol. The second-order valence-corrected chi connectivity index (χ2v) is 5.42. The third-order valence-electron chi connectivity index (χ3n) is 2.62. The van der Waals surface area contributed by atoms with E-state index in [2.05, 4.69) is 0 Å². The summed E-state index contributed by atoms with van der Waals surface area (Å²) in [5.41, 5.74) is 7.98. The minimum Gasteiger partial charge on any atom is -0.493 e. The molecule has 0 amide bonds. The standard InChI is InChI=1S/C10H13N3O3S/c1-7-8(3-2-4-9(7)11)5-13-6-10(14)12-17(13,15)16/h2-4,6,12,14H,5,11H2,1H3. The van der Waals surface area contributed by atoms with E-state index in [1.165, 1.54) is 0 Å². The molecule has 0 radical (unpaired) electrons.